The van der Waals surface area contributed by atoms with E-state index in [1.54, 1.807) is 0 Å². The Bertz CT molecular complexity index is 172. The molecule has 13 heavy (non-hydrogen) atoms. The smallest absolute Gasteiger partial charge is 0.0419 e. The molecule has 0 aromatic carbocycles. The van der Waals surface area contributed by atoms with Crippen LogP contribution in [-0.2, 0) is 0 Å². The van der Waals surface area contributed by atoms with Crippen molar-refractivity contribution in [1.29, 1.82) is 0 Å². The average molecular weight is 181 g/mol. The SMILES string of the molecule is CCCC[C@@H]1CN=C(C)CC[C@@H]1C. The highest BCUT2D eigenvalue weighted by molar-refractivity contribution is 5.82. The molecular weight excluding hydrogens is 158 g/mol. The Labute approximate surface area is 82.6 Å². The van der Waals surface area contributed by atoms with E-state index < -0.39 is 0 Å². The van der Waals surface area contributed by atoms with Crippen molar-refractivity contribution in [2.24, 2.45) is 16.8 Å². The standard InChI is InChI=1S/C12H23N/c1-4-5-6-12-9-13-11(3)8-7-10(12)2/h10,12H,4-9H2,1-3H3/t10-,12+/m0/s1. The zero-order valence-corrected chi connectivity index (χ0v) is 9.34. The fraction of sp³-hybridized carbons (Fsp3) is 0.917. The number of unbranched alkanes of at least 4 members (excludes halogenated alkanes) is 1. The fourth-order valence-corrected chi connectivity index (χ4v) is 2.05. The van der Waals surface area contributed by atoms with Gasteiger partial charge in [-0.2, -0.15) is 0 Å². The van der Waals surface area contributed by atoms with Gasteiger partial charge in [0.2, 0.25) is 0 Å². The number of hydrogen-bond acceptors (Lipinski definition) is 1. The van der Waals surface area contributed by atoms with E-state index in [1.807, 2.05) is 0 Å². The van der Waals surface area contributed by atoms with Gasteiger partial charge in [0.25, 0.3) is 0 Å². The van der Waals surface area contributed by atoms with Crippen molar-refractivity contribution < 1.29 is 0 Å². The lowest BCUT2D eigenvalue weighted by Gasteiger charge is -2.19. The Hall–Kier alpha value is -0.330. The summed E-state index contributed by atoms with van der Waals surface area (Å²) < 4.78 is 0. The zero-order chi connectivity index (χ0) is 9.68. The minimum Gasteiger partial charge on any atom is -0.294 e. The van der Waals surface area contributed by atoms with E-state index in [0.717, 1.165) is 18.4 Å². The quantitative estimate of drug-likeness (QED) is 0.629. The van der Waals surface area contributed by atoms with Crippen molar-refractivity contribution in [3.05, 3.63) is 0 Å². The van der Waals surface area contributed by atoms with Gasteiger partial charge in [-0.05, 0) is 38.0 Å². The van der Waals surface area contributed by atoms with Crippen molar-refractivity contribution in [3.8, 4) is 0 Å². The molecule has 0 aliphatic carbocycles. The first-order valence-electron chi connectivity index (χ1n) is 5.74. The summed E-state index contributed by atoms with van der Waals surface area (Å²) in [5.74, 6) is 1.74. The average Bonchev–Trinajstić information content (AvgIpc) is 2.28. The minimum atomic E-state index is 0.859. The molecule has 1 heterocycles. The van der Waals surface area contributed by atoms with Crippen molar-refractivity contribution >= 4 is 5.71 Å². The Kier molecular flexibility index (Phi) is 4.47. The number of rotatable bonds is 3. The van der Waals surface area contributed by atoms with Crippen LogP contribution in [0.5, 0.6) is 0 Å². The molecule has 0 bridgehead atoms. The van der Waals surface area contributed by atoms with Gasteiger partial charge in [0.05, 0.1) is 0 Å². The van der Waals surface area contributed by atoms with E-state index in [-0.39, 0.29) is 0 Å². The molecule has 1 heteroatoms. The Morgan fingerprint density at radius 1 is 1.46 bits per heavy atom. The monoisotopic (exact) mass is 181 g/mol. The van der Waals surface area contributed by atoms with Gasteiger partial charge in [0.1, 0.15) is 0 Å². The highest BCUT2D eigenvalue weighted by Crippen LogP contribution is 2.25. The highest BCUT2D eigenvalue weighted by atomic mass is 14.7. The first-order chi connectivity index (χ1) is 6.24. The number of aliphatic imine (C=N–C) groups is 1. The third kappa shape index (κ3) is 3.50. The normalized spacial score (nSPS) is 29.6. The van der Waals surface area contributed by atoms with Gasteiger partial charge in [-0.1, -0.05) is 26.7 Å². The molecule has 1 rings (SSSR count). The van der Waals surface area contributed by atoms with Crippen LogP contribution in [0.25, 0.3) is 0 Å². The summed E-state index contributed by atoms with van der Waals surface area (Å²) in [5.41, 5.74) is 1.37. The predicted molar refractivity (Wildman–Crippen MR) is 59.4 cm³/mol. The summed E-state index contributed by atoms with van der Waals surface area (Å²) in [4.78, 5) is 4.63. The van der Waals surface area contributed by atoms with E-state index in [2.05, 4.69) is 25.8 Å². The first-order valence-corrected chi connectivity index (χ1v) is 5.74. The van der Waals surface area contributed by atoms with Gasteiger partial charge in [0, 0.05) is 12.3 Å². The Balaban J connectivity index is 2.41. The second kappa shape index (κ2) is 5.41. The maximum atomic E-state index is 4.63. The van der Waals surface area contributed by atoms with Crippen LogP contribution in [0.2, 0.25) is 0 Å². The predicted octanol–water partition coefficient (Wildman–Crippen LogP) is 3.68. The highest BCUT2D eigenvalue weighted by Gasteiger charge is 2.18. The largest absolute Gasteiger partial charge is 0.294 e. The molecule has 1 nitrogen and oxygen atoms in total. The Morgan fingerprint density at radius 2 is 2.23 bits per heavy atom. The van der Waals surface area contributed by atoms with Crippen LogP contribution in [0.1, 0.15) is 52.9 Å². The summed E-state index contributed by atoms with van der Waals surface area (Å²) in [7, 11) is 0. The first kappa shape index (κ1) is 10.7. The molecule has 0 saturated carbocycles. The molecular formula is C12H23N. The molecule has 0 amide bonds. The lowest BCUT2D eigenvalue weighted by Crippen LogP contribution is -2.13. The van der Waals surface area contributed by atoms with E-state index in [4.69, 9.17) is 0 Å². The summed E-state index contributed by atoms with van der Waals surface area (Å²) in [6.45, 7) is 7.94. The molecule has 76 valence electrons. The van der Waals surface area contributed by atoms with Crippen LogP contribution >= 0.6 is 0 Å². The van der Waals surface area contributed by atoms with Gasteiger partial charge < -0.3 is 0 Å². The molecule has 0 N–H and O–H groups in total. The van der Waals surface area contributed by atoms with Crippen LogP contribution in [-0.4, -0.2) is 12.3 Å². The molecule has 1 aliphatic heterocycles. The summed E-state index contributed by atoms with van der Waals surface area (Å²) in [6.07, 6.45) is 6.66. The molecule has 0 aromatic rings. The molecule has 2 atom stereocenters. The summed E-state index contributed by atoms with van der Waals surface area (Å²) in [5, 5.41) is 0. The van der Waals surface area contributed by atoms with Crippen LogP contribution in [0.3, 0.4) is 0 Å². The van der Waals surface area contributed by atoms with Crippen molar-refractivity contribution in [2.45, 2.75) is 52.9 Å². The van der Waals surface area contributed by atoms with Crippen molar-refractivity contribution in [2.75, 3.05) is 6.54 Å². The van der Waals surface area contributed by atoms with Gasteiger partial charge in [-0.3, -0.25) is 4.99 Å². The van der Waals surface area contributed by atoms with Crippen LogP contribution < -0.4 is 0 Å². The molecule has 0 unspecified atom stereocenters. The van der Waals surface area contributed by atoms with E-state index >= 15 is 0 Å². The zero-order valence-electron chi connectivity index (χ0n) is 9.34. The summed E-state index contributed by atoms with van der Waals surface area (Å²) in [6, 6.07) is 0. The fourth-order valence-electron chi connectivity index (χ4n) is 2.05. The summed E-state index contributed by atoms with van der Waals surface area (Å²) >= 11 is 0. The van der Waals surface area contributed by atoms with E-state index in [0.29, 0.717) is 0 Å². The maximum Gasteiger partial charge on any atom is 0.0419 e. The van der Waals surface area contributed by atoms with Crippen LogP contribution in [0, 0.1) is 11.8 Å². The topological polar surface area (TPSA) is 12.4 Å². The van der Waals surface area contributed by atoms with Crippen LogP contribution in [0.4, 0.5) is 0 Å². The number of hydrogen-bond donors (Lipinski definition) is 0. The molecule has 0 aromatic heterocycles. The van der Waals surface area contributed by atoms with Gasteiger partial charge >= 0.3 is 0 Å². The molecule has 0 spiro atoms. The third-order valence-electron chi connectivity index (χ3n) is 3.29. The number of nitrogens with zero attached hydrogens (tertiary/aromatic N) is 1. The maximum absolute atomic E-state index is 4.63. The minimum absolute atomic E-state index is 0.859. The molecule has 1 aliphatic rings. The van der Waals surface area contributed by atoms with Gasteiger partial charge in [0.15, 0.2) is 0 Å². The lowest BCUT2D eigenvalue weighted by molar-refractivity contribution is 0.330. The second-order valence-electron chi connectivity index (χ2n) is 4.49. The van der Waals surface area contributed by atoms with Crippen molar-refractivity contribution in [3.63, 3.8) is 0 Å². The lowest BCUT2D eigenvalue weighted by atomic mass is 9.87. The molecule has 0 radical (unpaired) electrons. The van der Waals surface area contributed by atoms with Crippen molar-refractivity contribution in [1.82, 2.24) is 0 Å². The van der Waals surface area contributed by atoms with Gasteiger partial charge in [-0.15, -0.1) is 0 Å². The van der Waals surface area contributed by atoms with E-state index in [1.165, 1.54) is 37.8 Å². The van der Waals surface area contributed by atoms with Gasteiger partial charge in [-0.25, -0.2) is 0 Å². The third-order valence-corrected chi connectivity index (χ3v) is 3.29. The Morgan fingerprint density at radius 3 is 2.92 bits per heavy atom. The van der Waals surface area contributed by atoms with Crippen LogP contribution in [0.15, 0.2) is 4.99 Å². The van der Waals surface area contributed by atoms with E-state index in [9.17, 15) is 0 Å². The molecule has 0 fully saturated rings. The second-order valence-corrected chi connectivity index (χ2v) is 4.49. The molecule has 0 saturated heterocycles.